The number of methoxy groups -OCH3 is 1. The minimum atomic E-state index is 0.541. The van der Waals surface area contributed by atoms with Crippen molar-refractivity contribution in [2.24, 2.45) is 5.84 Å². The molecule has 4 N–H and O–H groups in total. The minimum Gasteiger partial charge on any atom is -0.380 e. The molecule has 6 heteroatoms. The molecule has 112 valence electrons. The monoisotopic (exact) mass is 287 g/mol. The van der Waals surface area contributed by atoms with E-state index in [1.165, 1.54) is 6.33 Å². The number of aromatic nitrogens is 2. The number of para-hydroxylation sites is 1. The van der Waals surface area contributed by atoms with Crippen LogP contribution >= 0.6 is 0 Å². The molecule has 6 nitrogen and oxygen atoms in total. The van der Waals surface area contributed by atoms with Gasteiger partial charge < -0.3 is 15.5 Å². The molecule has 0 atom stereocenters. The summed E-state index contributed by atoms with van der Waals surface area (Å²) in [5.74, 6) is 6.95. The molecule has 0 amide bonds. The summed E-state index contributed by atoms with van der Waals surface area (Å²) < 4.78 is 5.22. The molecular formula is C15H21N5O. The topological polar surface area (TPSA) is 85.1 Å². The summed E-state index contributed by atoms with van der Waals surface area (Å²) in [6.45, 7) is 2.65. The van der Waals surface area contributed by atoms with E-state index in [1.807, 2.05) is 24.3 Å². The fourth-order valence-electron chi connectivity index (χ4n) is 2.18. The van der Waals surface area contributed by atoms with Crippen molar-refractivity contribution in [3.05, 3.63) is 41.7 Å². The molecular weight excluding hydrogens is 266 g/mol. The van der Waals surface area contributed by atoms with Crippen LogP contribution in [0.25, 0.3) is 0 Å². The van der Waals surface area contributed by atoms with Crippen LogP contribution < -0.4 is 16.6 Å². The number of hydrazine groups is 1. The van der Waals surface area contributed by atoms with Gasteiger partial charge in [0.25, 0.3) is 0 Å². The summed E-state index contributed by atoms with van der Waals surface area (Å²) in [5.41, 5.74) is 5.65. The molecule has 2 aromatic rings. The summed E-state index contributed by atoms with van der Waals surface area (Å²) in [6.07, 6.45) is 3.32. The molecule has 2 rings (SSSR count). The van der Waals surface area contributed by atoms with E-state index in [-0.39, 0.29) is 0 Å². The van der Waals surface area contributed by atoms with Crippen LogP contribution in [0.15, 0.2) is 30.6 Å². The van der Waals surface area contributed by atoms with E-state index < -0.39 is 0 Å². The van der Waals surface area contributed by atoms with Crippen LogP contribution in [0.1, 0.15) is 24.5 Å². The highest BCUT2D eigenvalue weighted by Crippen LogP contribution is 2.26. The van der Waals surface area contributed by atoms with Gasteiger partial charge in [-0.2, -0.15) is 0 Å². The number of nitrogens with zero attached hydrogens (tertiary/aromatic N) is 2. The Morgan fingerprint density at radius 3 is 2.67 bits per heavy atom. The molecule has 0 fully saturated rings. The largest absolute Gasteiger partial charge is 0.380 e. The standard InChI is InChI=1S/C15H21N5O/c1-3-6-12-14(17-10-18-15(12)20-16)19-13-8-5-4-7-11(13)9-21-2/h4-5,7-8,10H,3,6,9,16H2,1-2H3,(H2,17,18,19,20). The van der Waals surface area contributed by atoms with Gasteiger partial charge >= 0.3 is 0 Å². The quantitative estimate of drug-likeness (QED) is 0.536. The zero-order chi connectivity index (χ0) is 15.1. The molecule has 1 aromatic heterocycles. The molecule has 0 aliphatic heterocycles. The van der Waals surface area contributed by atoms with E-state index in [9.17, 15) is 0 Å². The van der Waals surface area contributed by atoms with Gasteiger partial charge in [-0.05, 0) is 12.5 Å². The van der Waals surface area contributed by atoms with Gasteiger partial charge in [-0.1, -0.05) is 31.5 Å². The predicted molar refractivity (Wildman–Crippen MR) is 84.3 cm³/mol. The second-order valence-electron chi connectivity index (χ2n) is 4.66. The lowest BCUT2D eigenvalue weighted by atomic mass is 10.1. The van der Waals surface area contributed by atoms with Gasteiger partial charge in [0.05, 0.1) is 6.61 Å². The Balaban J connectivity index is 2.35. The van der Waals surface area contributed by atoms with Crippen molar-refractivity contribution in [2.45, 2.75) is 26.4 Å². The first-order valence-electron chi connectivity index (χ1n) is 6.94. The van der Waals surface area contributed by atoms with Crippen LogP contribution in [0.2, 0.25) is 0 Å². The Kier molecular flexibility index (Phi) is 5.48. The molecule has 0 spiro atoms. The van der Waals surface area contributed by atoms with Crippen molar-refractivity contribution in [1.29, 1.82) is 0 Å². The summed E-state index contributed by atoms with van der Waals surface area (Å²) in [7, 11) is 1.68. The maximum Gasteiger partial charge on any atom is 0.148 e. The van der Waals surface area contributed by atoms with Gasteiger partial charge in [0.15, 0.2) is 0 Å². The second-order valence-corrected chi connectivity index (χ2v) is 4.66. The number of nitrogens with one attached hydrogen (secondary N) is 2. The van der Waals surface area contributed by atoms with Crippen molar-refractivity contribution < 1.29 is 4.74 Å². The lowest BCUT2D eigenvalue weighted by molar-refractivity contribution is 0.185. The van der Waals surface area contributed by atoms with E-state index in [0.717, 1.165) is 35.5 Å². The molecule has 0 aliphatic carbocycles. The van der Waals surface area contributed by atoms with Gasteiger partial charge in [0.1, 0.15) is 18.0 Å². The van der Waals surface area contributed by atoms with Crippen molar-refractivity contribution >= 4 is 17.3 Å². The summed E-state index contributed by atoms with van der Waals surface area (Å²) in [4.78, 5) is 8.51. The Hall–Kier alpha value is -2.18. The molecule has 0 aliphatic rings. The lowest BCUT2D eigenvalue weighted by Gasteiger charge is -2.15. The van der Waals surface area contributed by atoms with Gasteiger partial charge in [-0.3, -0.25) is 0 Å². The normalized spacial score (nSPS) is 10.4. The Labute approximate surface area is 124 Å². The number of hydrogen-bond acceptors (Lipinski definition) is 6. The first-order valence-corrected chi connectivity index (χ1v) is 6.94. The third kappa shape index (κ3) is 3.68. The first-order chi connectivity index (χ1) is 10.3. The van der Waals surface area contributed by atoms with E-state index >= 15 is 0 Å². The van der Waals surface area contributed by atoms with E-state index in [4.69, 9.17) is 10.6 Å². The van der Waals surface area contributed by atoms with Crippen molar-refractivity contribution in [2.75, 3.05) is 17.9 Å². The highest BCUT2D eigenvalue weighted by atomic mass is 16.5. The zero-order valence-corrected chi connectivity index (χ0v) is 12.4. The second kappa shape index (κ2) is 7.56. The third-order valence-electron chi connectivity index (χ3n) is 3.15. The van der Waals surface area contributed by atoms with E-state index in [0.29, 0.717) is 12.4 Å². The van der Waals surface area contributed by atoms with Crippen molar-refractivity contribution in [1.82, 2.24) is 9.97 Å². The lowest BCUT2D eigenvalue weighted by Crippen LogP contribution is -2.13. The van der Waals surface area contributed by atoms with Crippen LogP contribution in [0.5, 0.6) is 0 Å². The average Bonchev–Trinajstić information content (AvgIpc) is 2.51. The molecule has 1 aromatic carbocycles. The highest BCUT2D eigenvalue weighted by molar-refractivity contribution is 5.66. The minimum absolute atomic E-state index is 0.541. The van der Waals surface area contributed by atoms with Gasteiger partial charge in [-0.25, -0.2) is 15.8 Å². The molecule has 21 heavy (non-hydrogen) atoms. The fraction of sp³-hybridized carbons (Fsp3) is 0.333. The van der Waals surface area contributed by atoms with Crippen LogP contribution in [0.3, 0.4) is 0 Å². The predicted octanol–water partition coefficient (Wildman–Crippen LogP) is 2.60. The van der Waals surface area contributed by atoms with Crippen molar-refractivity contribution in [3.8, 4) is 0 Å². The number of benzene rings is 1. The Morgan fingerprint density at radius 2 is 1.95 bits per heavy atom. The van der Waals surface area contributed by atoms with Gasteiger partial charge in [0, 0.05) is 23.9 Å². The summed E-state index contributed by atoms with van der Waals surface area (Å²) >= 11 is 0. The average molecular weight is 287 g/mol. The number of anilines is 3. The molecule has 1 heterocycles. The molecule has 0 bridgehead atoms. The SMILES string of the molecule is CCCc1c(NN)ncnc1Nc1ccccc1COC. The van der Waals surface area contributed by atoms with Crippen LogP contribution in [-0.2, 0) is 17.8 Å². The van der Waals surface area contributed by atoms with Crippen molar-refractivity contribution in [3.63, 3.8) is 0 Å². The number of rotatable bonds is 7. The molecule has 0 saturated heterocycles. The summed E-state index contributed by atoms with van der Waals surface area (Å²) in [6, 6.07) is 7.99. The van der Waals surface area contributed by atoms with Crippen LogP contribution in [0.4, 0.5) is 17.3 Å². The van der Waals surface area contributed by atoms with Gasteiger partial charge in [-0.15, -0.1) is 0 Å². The number of nitrogen functional groups attached to an aromatic ring is 1. The van der Waals surface area contributed by atoms with Gasteiger partial charge in [0.2, 0.25) is 0 Å². The fourth-order valence-corrected chi connectivity index (χ4v) is 2.18. The van der Waals surface area contributed by atoms with E-state index in [2.05, 4.69) is 27.6 Å². The Bertz CT molecular complexity index is 588. The van der Waals surface area contributed by atoms with Crippen LogP contribution in [0, 0.1) is 0 Å². The summed E-state index contributed by atoms with van der Waals surface area (Å²) in [5, 5.41) is 3.36. The molecule has 0 saturated carbocycles. The third-order valence-corrected chi connectivity index (χ3v) is 3.15. The maximum absolute atomic E-state index is 5.53. The zero-order valence-electron chi connectivity index (χ0n) is 12.4. The molecule has 0 radical (unpaired) electrons. The van der Waals surface area contributed by atoms with E-state index in [1.54, 1.807) is 7.11 Å². The number of ether oxygens (including phenoxy) is 1. The maximum atomic E-state index is 5.53. The van der Waals surface area contributed by atoms with Crippen LogP contribution in [-0.4, -0.2) is 17.1 Å². The molecule has 0 unspecified atom stereocenters. The highest BCUT2D eigenvalue weighted by Gasteiger charge is 2.11. The smallest absolute Gasteiger partial charge is 0.148 e. The first kappa shape index (κ1) is 15.2. The Morgan fingerprint density at radius 1 is 1.19 bits per heavy atom. The number of hydrogen-bond donors (Lipinski definition) is 3. The number of nitrogens with two attached hydrogens (primary N) is 1.